The third-order valence-electron chi connectivity index (χ3n) is 1.50. The van der Waals surface area contributed by atoms with Gasteiger partial charge in [0.05, 0.1) is 6.42 Å². The molecule has 0 aliphatic heterocycles. The minimum absolute atomic E-state index is 0.587. The van der Waals surface area contributed by atoms with Crippen LogP contribution in [0.1, 0.15) is 6.42 Å². The molecule has 0 aromatic rings. The maximum absolute atomic E-state index is 12.4. The fraction of sp³-hybridized carbons (Fsp3) is 0.714. The zero-order valence-electron chi connectivity index (χ0n) is 7.09. The van der Waals surface area contributed by atoms with Gasteiger partial charge in [0.25, 0.3) is 0 Å². The lowest BCUT2D eigenvalue weighted by Crippen LogP contribution is -2.48. The van der Waals surface area contributed by atoms with Crippen molar-refractivity contribution in [2.45, 2.75) is 30.6 Å². The van der Waals surface area contributed by atoms with E-state index in [4.69, 9.17) is 0 Å². The second kappa shape index (κ2) is 3.97. The van der Waals surface area contributed by atoms with Crippen LogP contribution in [0.5, 0.6) is 0 Å². The van der Waals surface area contributed by atoms with Crippen LogP contribution in [0.15, 0.2) is 12.7 Å². The smallest absolute Gasteiger partial charge is 0.240 e. The van der Waals surface area contributed by atoms with Gasteiger partial charge in [0.1, 0.15) is 0 Å². The largest absolute Gasteiger partial charge is 0.392 e. The third kappa shape index (κ3) is 3.35. The van der Waals surface area contributed by atoms with Crippen molar-refractivity contribution >= 4 is 0 Å². The van der Waals surface area contributed by atoms with Gasteiger partial charge in [-0.2, -0.15) is 30.7 Å². The number of halogens is 8. The number of rotatable bonds is 4. The molecule has 0 aromatic carbocycles. The van der Waals surface area contributed by atoms with Crippen LogP contribution in [-0.2, 0) is 0 Å². The Hall–Kier alpha value is -0.820. The van der Waals surface area contributed by atoms with Crippen molar-refractivity contribution < 1.29 is 35.1 Å². The third-order valence-corrected chi connectivity index (χ3v) is 1.50. The van der Waals surface area contributed by atoms with E-state index in [0.717, 1.165) is 0 Å². The zero-order chi connectivity index (χ0) is 12.5. The van der Waals surface area contributed by atoms with Crippen molar-refractivity contribution in [1.29, 1.82) is 0 Å². The lowest BCUT2D eigenvalue weighted by atomic mass is 10.0. The van der Waals surface area contributed by atoms with Crippen LogP contribution in [-0.4, -0.2) is 24.2 Å². The fourth-order valence-corrected chi connectivity index (χ4v) is 0.676. The summed E-state index contributed by atoms with van der Waals surface area (Å²) in [7, 11) is 0. The molecular formula is C7H6F8. The molecule has 0 aliphatic rings. The van der Waals surface area contributed by atoms with Crippen molar-refractivity contribution in [3.8, 4) is 0 Å². The van der Waals surface area contributed by atoms with E-state index < -0.39 is 36.7 Å². The molecule has 0 bridgehead atoms. The Kier molecular flexibility index (Phi) is 3.76. The summed E-state index contributed by atoms with van der Waals surface area (Å²) >= 11 is 0. The van der Waals surface area contributed by atoms with Crippen LogP contribution in [0.2, 0.25) is 0 Å². The van der Waals surface area contributed by atoms with E-state index in [1.54, 1.807) is 0 Å². The van der Waals surface area contributed by atoms with E-state index in [-0.39, 0.29) is 0 Å². The maximum Gasteiger partial charge on any atom is 0.392 e. The Morgan fingerprint density at radius 2 is 1.40 bits per heavy atom. The summed E-state index contributed by atoms with van der Waals surface area (Å²) in [4.78, 5) is 0. The van der Waals surface area contributed by atoms with Gasteiger partial charge in [0.2, 0.25) is 0 Å². The van der Waals surface area contributed by atoms with E-state index in [2.05, 4.69) is 6.58 Å². The highest BCUT2D eigenvalue weighted by atomic mass is 19.4. The molecule has 1 atom stereocenters. The maximum atomic E-state index is 12.4. The highest BCUT2D eigenvalue weighted by molar-refractivity contribution is 5.02. The van der Waals surface area contributed by atoms with Gasteiger partial charge in [-0.05, 0) is 6.08 Å². The predicted molar refractivity (Wildman–Crippen MR) is 35.7 cm³/mol. The van der Waals surface area contributed by atoms with Crippen LogP contribution in [0.3, 0.4) is 0 Å². The topological polar surface area (TPSA) is 0 Å². The average molecular weight is 242 g/mol. The summed E-state index contributed by atoms with van der Waals surface area (Å²) in [6.45, 7) is 2.30. The standard InChI is InChI=1S/C7H6F8/c1-2-5(9,10)7(14,15)4(8)3-6(11,12)13/h2,4H,1,3H2. The van der Waals surface area contributed by atoms with Gasteiger partial charge in [-0.15, -0.1) is 0 Å². The Balaban J connectivity index is 4.81. The average Bonchev–Trinajstić information content (AvgIpc) is 2.00. The minimum Gasteiger partial charge on any atom is -0.240 e. The molecule has 0 N–H and O–H groups in total. The van der Waals surface area contributed by atoms with Crippen LogP contribution in [0.4, 0.5) is 35.1 Å². The summed E-state index contributed by atoms with van der Waals surface area (Å²) in [5.41, 5.74) is 0. The van der Waals surface area contributed by atoms with E-state index in [9.17, 15) is 35.1 Å². The summed E-state index contributed by atoms with van der Waals surface area (Å²) in [6.07, 6.45) is -12.5. The molecule has 0 aromatic heterocycles. The van der Waals surface area contributed by atoms with Crippen LogP contribution in [0, 0.1) is 0 Å². The molecule has 1 unspecified atom stereocenters. The number of hydrogen-bond donors (Lipinski definition) is 0. The molecule has 0 saturated heterocycles. The number of hydrogen-bond acceptors (Lipinski definition) is 0. The molecule has 8 heteroatoms. The Labute approximate surface area is 79.6 Å². The second-order valence-electron chi connectivity index (χ2n) is 2.74. The van der Waals surface area contributed by atoms with Gasteiger partial charge in [-0.25, -0.2) is 4.39 Å². The first-order chi connectivity index (χ1) is 6.44. The van der Waals surface area contributed by atoms with Crippen molar-refractivity contribution in [2.24, 2.45) is 0 Å². The summed E-state index contributed by atoms with van der Waals surface area (Å²) in [5.74, 6) is -10.4. The van der Waals surface area contributed by atoms with Crippen molar-refractivity contribution in [2.75, 3.05) is 0 Å². The predicted octanol–water partition coefficient (Wildman–Crippen LogP) is 3.73. The van der Waals surface area contributed by atoms with Crippen molar-refractivity contribution in [1.82, 2.24) is 0 Å². The van der Waals surface area contributed by atoms with Gasteiger partial charge >= 0.3 is 18.0 Å². The lowest BCUT2D eigenvalue weighted by Gasteiger charge is -2.27. The molecule has 15 heavy (non-hydrogen) atoms. The zero-order valence-corrected chi connectivity index (χ0v) is 7.09. The first-order valence-electron chi connectivity index (χ1n) is 3.54. The Bertz CT molecular complexity index is 228. The Morgan fingerprint density at radius 3 is 1.67 bits per heavy atom. The van der Waals surface area contributed by atoms with E-state index in [1.807, 2.05) is 0 Å². The summed E-state index contributed by atoms with van der Waals surface area (Å²) in [6, 6.07) is 0. The molecule has 0 fully saturated rings. The first-order valence-corrected chi connectivity index (χ1v) is 3.54. The molecular weight excluding hydrogens is 236 g/mol. The van der Waals surface area contributed by atoms with Crippen LogP contribution in [0.25, 0.3) is 0 Å². The monoisotopic (exact) mass is 242 g/mol. The van der Waals surface area contributed by atoms with Gasteiger partial charge < -0.3 is 0 Å². The molecule has 0 heterocycles. The van der Waals surface area contributed by atoms with Gasteiger partial charge in [0.15, 0.2) is 6.17 Å². The molecule has 0 radical (unpaired) electrons. The molecule has 0 amide bonds. The first kappa shape index (κ1) is 14.2. The second-order valence-corrected chi connectivity index (χ2v) is 2.74. The molecule has 0 rings (SSSR count). The Morgan fingerprint density at radius 1 is 1.00 bits per heavy atom. The van der Waals surface area contributed by atoms with E-state index in [0.29, 0.717) is 0 Å². The van der Waals surface area contributed by atoms with Crippen LogP contribution >= 0.6 is 0 Å². The molecule has 0 spiro atoms. The number of allylic oxidation sites excluding steroid dienone is 1. The fourth-order valence-electron chi connectivity index (χ4n) is 0.676. The van der Waals surface area contributed by atoms with E-state index in [1.165, 1.54) is 0 Å². The van der Waals surface area contributed by atoms with E-state index >= 15 is 0 Å². The lowest BCUT2D eigenvalue weighted by molar-refractivity contribution is -0.238. The SMILES string of the molecule is C=CC(F)(F)C(F)(F)C(F)CC(F)(F)F. The van der Waals surface area contributed by atoms with Gasteiger partial charge in [-0.1, -0.05) is 6.58 Å². The molecule has 90 valence electrons. The highest BCUT2D eigenvalue weighted by Crippen LogP contribution is 2.42. The normalized spacial score (nSPS) is 16.3. The minimum atomic E-state index is -5.43. The number of alkyl halides is 8. The van der Waals surface area contributed by atoms with Crippen LogP contribution < -0.4 is 0 Å². The van der Waals surface area contributed by atoms with Gasteiger partial charge in [0, 0.05) is 0 Å². The van der Waals surface area contributed by atoms with Crippen molar-refractivity contribution in [3.05, 3.63) is 12.7 Å². The van der Waals surface area contributed by atoms with Gasteiger partial charge in [-0.3, -0.25) is 0 Å². The van der Waals surface area contributed by atoms with Crippen molar-refractivity contribution in [3.63, 3.8) is 0 Å². The molecule has 0 aliphatic carbocycles. The quantitative estimate of drug-likeness (QED) is 0.520. The molecule has 0 nitrogen and oxygen atoms in total. The summed E-state index contributed by atoms with van der Waals surface area (Å²) < 4.78 is 96.2. The summed E-state index contributed by atoms with van der Waals surface area (Å²) in [5, 5.41) is 0. The molecule has 0 saturated carbocycles. The highest BCUT2D eigenvalue weighted by Gasteiger charge is 2.61.